The predicted octanol–water partition coefficient (Wildman–Crippen LogP) is 7.06. The summed E-state index contributed by atoms with van der Waals surface area (Å²) in [4.78, 5) is 16.7. The van der Waals surface area contributed by atoms with Crippen LogP contribution in [-0.4, -0.2) is 9.91 Å². The van der Waals surface area contributed by atoms with Gasteiger partial charge in [0.05, 0.1) is 4.92 Å². The zero-order valence-electron chi connectivity index (χ0n) is 19.7. The highest BCUT2D eigenvalue weighted by Gasteiger charge is 2.69. The number of hydrogen-bond donors (Lipinski definition) is 0. The Morgan fingerprint density at radius 2 is 1.84 bits per heavy atom. The SMILES string of the molecule is C[C@H]1CC[C@@]2(C)C(=C([N+](=O)[O-])C[C@@H]3[C@]2(C)CC[C@]2(C)C(c4cccnc4)=CC[C@@]32C)C1. The van der Waals surface area contributed by atoms with Gasteiger partial charge in [0.1, 0.15) is 0 Å². The highest BCUT2D eigenvalue weighted by atomic mass is 16.6. The summed E-state index contributed by atoms with van der Waals surface area (Å²) in [6.45, 7) is 12.0. The van der Waals surface area contributed by atoms with E-state index >= 15 is 0 Å². The monoisotopic (exact) mass is 420 g/mol. The van der Waals surface area contributed by atoms with Crippen molar-refractivity contribution in [2.75, 3.05) is 0 Å². The number of rotatable bonds is 2. The third-order valence-corrected chi connectivity index (χ3v) is 10.8. The molecular formula is C27H36N2O2. The molecule has 166 valence electrons. The predicted molar refractivity (Wildman–Crippen MR) is 124 cm³/mol. The molecule has 4 aliphatic carbocycles. The summed E-state index contributed by atoms with van der Waals surface area (Å²) < 4.78 is 0. The maximum absolute atomic E-state index is 12.3. The Labute approximate surface area is 186 Å². The van der Waals surface area contributed by atoms with E-state index in [2.05, 4.69) is 51.7 Å². The van der Waals surface area contributed by atoms with Crippen LogP contribution in [0, 0.1) is 43.6 Å². The Hall–Kier alpha value is -1.97. The number of nitro groups is 1. The minimum absolute atomic E-state index is 0.0179. The van der Waals surface area contributed by atoms with Gasteiger partial charge in [-0.15, -0.1) is 0 Å². The number of hydrogen-bond acceptors (Lipinski definition) is 3. The van der Waals surface area contributed by atoms with Crippen LogP contribution in [0.25, 0.3) is 5.57 Å². The van der Waals surface area contributed by atoms with Gasteiger partial charge >= 0.3 is 0 Å². The summed E-state index contributed by atoms with van der Waals surface area (Å²) in [6.07, 6.45) is 13.3. The van der Waals surface area contributed by atoms with Gasteiger partial charge in [-0.1, -0.05) is 46.8 Å². The molecule has 2 saturated carbocycles. The quantitative estimate of drug-likeness (QED) is 0.380. The summed E-state index contributed by atoms with van der Waals surface area (Å²) in [5.74, 6) is 0.861. The second kappa shape index (κ2) is 6.52. The lowest BCUT2D eigenvalue weighted by Crippen LogP contribution is -2.61. The Bertz CT molecular complexity index is 998. The van der Waals surface area contributed by atoms with Crippen molar-refractivity contribution in [2.24, 2.45) is 33.5 Å². The molecular weight excluding hydrogens is 384 g/mol. The van der Waals surface area contributed by atoms with Crippen LogP contribution in [0.15, 0.2) is 41.9 Å². The number of aromatic nitrogens is 1. The molecule has 0 aromatic carbocycles. The van der Waals surface area contributed by atoms with Crippen LogP contribution in [-0.2, 0) is 0 Å². The zero-order chi connectivity index (χ0) is 22.2. The molecule has 6 atom stereocenters. The number of nitrogens with zero attached hydrogens (tertiary/aromatic N) is 2. The highest BCUT2D eigenvalue weighted by molar-refractivity contribution is 5.73. The molecule has 1 aromatic heterocycles. The molecule has 1 heterocycles. The molecule has 1 aromatic rings. The van der Waals surface area contributed by atoms with Crippen LogP contribution in [0.1, 0.15) is 85.1 Å². The first-order valence-electron chi connectivity index (χ1n) is 12.0. The molecule has 2 fully saturated rings. The lowest BCUT2D eigenvalue weighted by molar-refractivity contribution is -0.436. The highest BCUT2D eigenvalue weighted by Crippen LogP contribution is 2.76. The van der Waals surface area contributed by atoms with E-state index in [0.717, 1.165) is 32.1 Å². The first-order chi connectivity index (χ1) is 14.6. The fourth-order valence-electron chi connectivity index (χ4n) is 8.41. The van der Waals surface area contributed by atoms with Gasteiger partial charge in [0, 0.05) is 29.8 Å². The molecule has 0 saturated heterocycles. The van der Waals surface area contributed by atoms with Crippen LogP contribution < -0.4 is 0 Å². The van der Waals surface area contributed by atoms with Gasteiger partial charge in [-0.3, -0.25) is 15.1 Å². The van der Waals surface area contributed by atoms with Crippen molar-refractivity contribution in [1.29, 1.82) is 0 Å². The molecule has 0 unspecified atom stereocenters. The largest absolute Gasteiger partial charge is 0.264 e. The molecule has 4 nitrogen and oxygen atoms in total. The number of allylic oxidation sites excluding steroid dienone is 4. The van der Waals surface area contributed by atoms with E-state index in [0.29, 0.717) is 24.0 Å². The summed E-state index contributed by atoms with van der Waals surface area (Å²) in [5.41, 5.74) is 4.45. The number of fused-ring (bicyclic) bond motifs is 5. The molecule has 0 bridgehead atoms. The normalized spacial score (nSPS) is 44.2. The minimum atomic E-state index is -0.0633. The fraction of sp³-hybridized carbons (Fsp3) is 0.667. The minimum Gasteiger partial charge on any atom is -0.264 e. The molecule has 0 radical (unpaired) electrons. The molecule has 0 N–H and O–H groups in total. The van der Waals surface area contributed by atoms with E-state index in [1.165, 1.54) is 23.1 Å². The molecule has 5 rings (SSSR count). The summed E-state index contributed by atoms with van der Waals surface area (Å²) in [6, 6.07) is 4.20. The molecule has 0 amide bonds. The lowest BCUT2D eigenvalue weighted by Gasteiger charge is -2.67. The van der Waals surface area contributed by atoms with Crippen molar-refractivity contribution >= 4 is 5.57 Å². The van der Waals surface area contributed by atoms with Gasteiger partial charge in [-0.2, -0.15) is 0 Å². The van der Waals surface area contributed by atoms with Crippen molar-refractivity contribution in [1.82, 2.24) is 4.98 Å². The maximum atomic E-state index is 12.3. The van der Waals surface area contributed by atoms with Gasteiger partial charge in [-0.25, -0.2) is 0 Å². The van der Waals surface area contributed by atoms with Crippen LogP contribution in [0.3, 0.4) is 0 Å². The molecule has 0 spiro atoms. The van der Waals surface area contributed by atoms with E-state index in [1.54, 1.807) is 0 Å². The smallest absolute Gasteiger partial charge is 0.246 e. The Balaban J connectivity index is 1.64. The first-order valence-corrected chi connectivity index (χ1v) is 12.0. The van der Waals surface area contributed by atoms with E-state index < -0.39 is 0 Å². The van der Waals surface area contributed by atoms with Crippen molar-refractivity contribution in [2.45, 2.75) is 79.6 Å². The van der Waals surface area contributed by atoms with E-state index in [4.69, 9.17) is 0 Å². The van der Waals surface area contributed by atoms with Crippen molar-refractivity contribution in [3.8, 4) is 0 Å². The molecule has 31 heavy (non-hydrogen) atoms. The van der Waals surface area contributed by atoms with Crippen molar-refractivity contribution in [3.63, 3.8) is 0 Å². The van der Waals surface area contributed by atoms with Gasteiger partial charge in [0.15, 0.2) is 0 Å². The van der Waals surface area contributed by atoms with E-state index in [-0.39, 0.29) is 26.6 Å². The van der Waals surface area contributed by atoms with Crippen molar-refractivity contribution in [3.05, 3.63) is 57.6 Å². The van der Waals surface area contributed by atoms with Crippen LogP contribution in [0.5, 0.6) is 0 Å². The van der Waals surface area contributed by atoms with E-state index in [9.17, 15) is 10.1 Å². The first kappa shape index (κ1) is 20.9. The Morgan fingerprint density at radius 1 is 1.06 bits per heavy atom. The Kier molecular flexibility index (Phi) is 4.40. The van der Waals surface area contributed by atoms with E-state index in [1.807, 2.05) is 18.5 Å². The summed E-state index contributed by atoms with van der Waals surface area (Å²) in [7, 11) is 0. The van der Waals surface area contributed by atoms with Crippen LogP contribution in [0.2, 0.25) is 0 Å². The molecule has 4 aliphatic rings. The summed E-state index contributed by atoms with van der Waals surface area (Å²) in [5, 5.41) is 12.3. The number of pyridine rings is 1. The maximum Gasteiger partial charge on any atom is 0.246 e. The second-order valence-electron chi connectivity index (χ2n) is 11.8. The Morgan fingerprint density at radius 3 is 2.52 bits per heavy atom. The second-order valence-corrected chi connectivity index (χ2v) is 11.8. The molecule has 4 heteroatoms. The third-order valence-electron chi connectivity index (χ3n) is 10.8. The average Bonchev–Trinajstić information content (AvgIpc) is 3.01. The van der Waals surface area contributed by atoms with Gasteiger partial charge in [-0.05, 0) is 83.8 Å². The van der Waals surface area contributed by atoms with Crippen LogP contribution >= 0.6 is 0 Å². The van der Waals surface area contributed by atoms with Gasteiger partial charge < -0.3 is 0 Å². The average molecular weight is 421 g/mol. The zero-order valence-corrected chi connectivity index (χ0v) is 19.7. The van der Waals surface area contributed by atoms with Gasteiger partial charge in [0.2, 0.25) is 5.70 Å². The molecule has 0 aliphatic heterocycles. The van der Waals surface area contributed by atoms with Crippen LogP contribution in [0.4, 0.5) is 0 Å². The lowest BCUT2D eigenvalue weighted by atomic mass is 9.36. The van der Waals surface area contributed by atoms with Gasteiger partial charge in [0.25, 0.3) is 0 Å². The fourth-order valence-corrected chi connectivity index (χ4v) is 8.41. The summed E-state index contributed by atoms with van der Waals surface area (Å²) >= 11 is 0. The van der Waals surface area contributed by atoms with Crippen molar-refractivity contribution < 1.29 is 4.92 Å². The standard InChI is InChI=1S/C27H36N2O2/c1-18-8-10-24(2)21(15-18)22(29(30)31)16-23-26(4)11-9-20(19-7-6-14-28-17-19)25(26,3)12-13-27(23,24)5/h6-7,9,14,17-18,23H,8,10-13,15-16H2,1-5H3/t18-,23-,24-,25+,26-,27-/m0/s1. The topological polar surface area (TPSA) is 56.0 Å². The third kappa shape index (κ3) is 2.51.